The van der Waals surface area contributed by atoms with Gasteiger partial charge in [0.2, 0.25) is 0 Å². The summed E-state index contributed by atoms with van der Waals surface area (Å²) in [4.78, 5) is 12.8. The number of phenolic OH excluding ortho intramolecular Hbond substituents is 2. The van der Waals surface area contributed by atoms with Crippen molar-refractivity contribution in [3.8, 4) is 28.4 Å². The first kappa shape index (κ1) is 18.3. The van der Waals surface area contributed by atoms with Crippen LogP contribution in [0.3, 0.4) is 0 Å². The molecule has 3 rings (SSSR count). The van der Waals surface area contributed by atoms with Crippen LogP contribution in [0.2, 0.25) is 0 Å². The number of aryl methyl sites for hydroxylation is 2. The van der Waals surface area contributed by atoms with Crippen molar-refractivity contribution in [2.75, 3.05) is 12.4 Å². The van der Waals surface area contributed by atoms with E-state index in [0.29, 0.717) is 22.6 Å². The first-order valence-electron chi connectivity index (χ1n) is 8.48. The molecule has 0 saturated carbocycles. The molecule has 3 aromatic carbocycles. The molecule has 0 atom stereocenters. The van der Waals surface area contributed by atoms with Gasteiger partial charge in [0.15, 0.2) is 0 Å². The van der Waals surface area contributed by atoms with Crippen LogP contribution in [0.15, 0.2) is 54.6 Å². The van der Waals surface area contributed by atoms with Gasteiger partial charge in [-0.3, -0.25) is 4.79 Å². The lowest BCUT2D eigenvalue weighted by atomic mass is 9.95. The lowest BCUT2D eigenvalue weighted by Gasteiger charge is -2.15. The summed E-state index contributed by atoms with van der Waals surface area (Å²) < 4.78 is 5.10. The minimum absolute atomic E-state index is 0.0726. The third-order valence-electron chi connectivity index (χ3n) is 4.36. The number of anilines is 1. The van der Waals surface area contributed by atoms with Gasteiger partial charge in [-0.2, -0.15) is 0 Å². The summed E-state index contributed by atoms with van der Waals surface area (Å²) in [6.45, 7) is 3.59. The number of rotatable bonds is 4. The van der Waals surface area contributed by atoms with E-state index in [1.807, 2.05) is 25.1 Å². The van der Waals surface area contributed by atoms with Crippen LogP contribution in [-0.2, 0) is 0 Å². The van der Waals surface area contributed by atoms with Crippen molar-refractivity contribution in [1.82, 2.24) is 0 Å². The van der Waals surface area contributed by atoms with Crippen LogP contribution in [0.25, 0.3) is 11.1 Å². The third kappa shape index (κ3) is 3.72. The fraction of sp³-hybridized carbons (Fsp3) is 0.136. The largest absolute Gasteiger partial charge is 0.507 e. The van der Waals surface area contributed by atoms with Crippen molar-refractivity contribution in [1.29, 1.82) is 0 Å². The molecule has 3 aromatic rings. The van der Waals surface area contributed by atoms with Crippen LogP contribution >= 0.6 is 0 Å². The predicted octanol–water partition coefficient (Wildman–Crippen LogP) is 4.64. The monoisotopic (exact) mass is 363 g/mol. The van der Waals surface area contributed by atoms with Gasteiger partial charge in [0, 0.05) is 5.69 Å². The van der Waals surface area contributed by atoms with Gasteiger partial charge in [0.05, 0.1) is 18.2 Å². The Bertz CT molecular complexity index is 994. The van der Waals surface area contributed by atoms with Crippen LogP contribution < -0.4 is 10.1 Å². The van der Waals surface area contributed by atoms with Crippen molar-refractivity contribution in [3.63, 3.8) is 0 Å². The predicted molar refractivity (Wildman–Crippen MR) is 106 cm³/mol. The molecule has 0 bridgehead atoms. The van der Waals surface area contributed by atoms with Crippen LogP contribution in [0.5, 0.6) is 17.2 Å². The number of methoxy groups -OCH3 is 1. The van der Waals surface area contributed by atoms with Crippen molar-refractivity contribution < 1.29 is 19.7 Å². The highest BCUT2D eigenvalue weighted by molar-refractivity contribution is 6.09. The summed E-state index contributed by atoms with van der Waals surface area (Å²) in [6.07, 6.45) is 0. The molecular formula is C22H21NO4. The average Bonchev–Trinajstić information content (AvgIpc) is 2.62. The van der Waals surface area contributed by atoms with Crippen LogP contribution in [0.4, 0.5) is 5.69 Å². The molecule has 0 saturated heterocycles. The molecule has 138 valence electrons. The zero-order chi connectivity index (χ0) is 19.6. The molecule has 0 aliphatic carbocycles. The molecule has 5 nitrogen and oxygen atoms in total. The molecule has 0 aliphatic rings. The lowest BCUT2D eigenvalue weighted by molar-refractivity contribution is 0.102. The van der Waals surface area contributed by atoms with Crippen molar-refractivity contribution in [2.45, 2.75) is 13.8 Å². The second-order valence-electron chi connectivity index (χ2n) is 6.36. The molecule has 0 spiro atoms. The standard InChI is InChI=1S/C22H21NO4/c1-13-5-4-6-15(11-13)20-18(24)12-14(2)19(21(20)25)22(26)23-16-7-9-17(27-3)10-8-16/h4-12,24-25H,1-3H3,(H,23,26). The smallest absolute Gasteiger partial charge is 0.259 e. The van der Waals surface area contributed by atoms with E-state index >= 15 is 0 Å². The number of benzene rings is 3. The molecule has 0 aromatic heterocycles. The van der Waals surface area contributed by atoms with Crippen molar-refractivity contribution in [3.05, 3.63) is 71.3 Å². The Morgan fingerprint density at radius 2 is 1.70 bits per heavy atom. The number of hydrogen-bond acceptors (Lipinski definition) is 4. The molecule has 1 amide bonds. The minimum atomic E-state index is -0.455. The third-order valence-corrected chi connectivity index (χ3v) is 4.36. The topological polar surface area (TPSA) is 78.8 Å². The van der Waals surface area contributed by atoms with Crippen molar-refractivity contribution in [2.24, 2.45) is 0 Å². The van der Waals surface area contributed by atoms with Gasteiger partial charge in [-0.05, 0) is 55.3 Å². The molecule has 0 radical (unpaired) electrons. The van der Waals surface area contributed by atoms with E-state index in [2.05, 4.69) is 5.32 Å². The van der Waals surface area contributed by atoms with Gasteiger partial charge >= 0.3 is 0 Å². The minimum Gasteiger partial charge on any atom is -0.507 e. The molecule has 0 fully saturated rings. The van der Waals surface area contributed by atoms with Gasteiger partial charge in [-0.1, -0.05) is 29.8 Å². The molecule has 0 aliphatic heterocycles. The number of ether oxygens (including phenoxy) is 1. The van der Waals surface area contributed by atoms with Gasteiger partial charge in [0.25, 0.3) is 5.91 Å². The average molecular weight is 363 g/mol. The highest BCUT2D eigenvalue weighted by atomic mass is 16.5. The van der Waals surface area contributed by atoms with Crippen LogP contribution in [0.1, 0.15) is 21.5 Å². The normalized spacial score (nSPS) is 10.5. The first-order valence-corrected chi connectivity index (χ1v) is 8.48. The van der Waals surface area contributed by atoms with E-state index in [0.717, 1.165) is 5.56 Å². The number of phenols is 2. The van der Waals surface area contributed by atoms with E-state index in [9.17, 15) is 15.0 Å². The Hall–Kier alpha value is -3.47. The highest BCUT2D eigenvalue weighted by Crippen LogP contribution is 2.41. The maximum atomic E-state index is 12.8. The maximum Gasteiger partial charge on any atom is 0.259 e. The SMILES string of the molecule is COc1ccc(NC(=O)c2c(C)cc(O)c(-c3cccc(C)c3)c2O)cc1. The summed E-state index contributed by atoms with van der Waals surface area (Å²) in [5.74, 6) is -0.0943. The highest BCUT2D eigenvalue weighted by Gasteiger charge is 2.22. The Labute approximate surface area is 157 Å². The number of hydrogen-bond donors (Lipinski definition) is 3. The molecule has 27 heavy (non-hydrogen) atoms. The summed E-state index contributed by atoms with van der Waals surface area (Å²) in [6, 6.07) is 15.8. The Balaban J connectivity index is 2.01. The quantitative estimate of drug-likeness (QED) is 0.631. The van der Waals surface area contributed by atoms with E-state index in [1.54, 1.807) is 44.4 Å². The fourth-order valence-corrected chi connectivity index (χ4v) is 3.02. The number of carbonyl (C=O) groups is 1. The van der Waals surface area contributed by atoms with Gasteiger partial charge in [-0.25, -0.2) is 0 Å². The summed E-state index contributed by atoms with van der Waals surface area (Å²) in [5, 5.41) is 23.9. The van der Waals surface area contributed by atoms with Gasteiger partial charge in [-0.15, -0.1) is 0 Å². The van der Waals surface area contributed by atoms with Crippen LogP contribution in [-0.4, -0.2) is 23.2 Å². The second-order valence-corrected chi connectivity index (χ2v) is 6.36. The number of aromatic hydroxyl groups is 2. The fourth-order valence-electron chi connectivity index (χ4n) is 3.02. The van der Waals surface area contributed by atoms with E-state index in [-0.39, 0.29) is 22.6 Å². The zero-order valence-electron chi connectivity index (χ0n) is 15.4. The maximum absolute atomic E-state index is 12.8. The second kappa shape index (κ2) is 7.41. The summed E-state index contributed by atoms with van der Waals surface area (Å²) >= 11 is 0. The molecule has 0 unspecified atom stereocenters. The van der Waals surface area contributed by atoms with Gasteiger partial charge < -0.3 is 20.3 Å². The Kier molecular flexibility index (Phi) is 5.03. The van der Waals surface area contributed by atoms with E-state index in [4.69, 9.17) is 4.74 Å². The first-order chi connectivity index (χ1) is 12.9. The molecule has 5 heteroatoms. The Morgan fingerprint density at radius 3 is 2.33 bits per heavy atom. The summed E-state index contributed by atoms with van der Waals surface area (Å²) in [7, 11) is 1.57. The van der Waals surface area contributed by atoms with E-state index < -0.39 is 5.91 Å². The van der Waals surface area contributed by atoms with Gasteiger partial charge in [0.1, 0.15) is 17.2 Å². The van der Waals surface area contributed by atoms with Crippen molar-refractivity contribution >= 4 is 11.6 Å². The molecular weight excluding hydrogens is 342 g/mol. The zero-order valence-corrected chi connectivity index (χ0v) is 15.4. The molecule has 0 heterocycles. The number of nitrogens with one attached hydrogen (secondary N) is 1. The molecule has 3 N–H and O–H groups in total. The Morgan fingerprint density at radius 1 is 1.00 bits per heavy atom. The van der Waals surface area contributed by atoms with E-state index in [1.165, 1.54) is 6.07 Å². The number of carbonyl (C=O) groups excluding carboxylic acids is 1. The lowest BCUT2D eigenvalue weighted by Crippen LogP contribution is -2.14. The van der Waals surface area contributed by atoms with Crippen LogP contribution in [0, 0.1) is 13.8 Å². The summed E-state index contributed by atoms with van der Waals surface area (Å²) in [5.41, 5.74) is 3.04. The number of amides is 1.